The average molecular weight is 271 g/mol. The molecule has 0 unspecified atom stereocenters. The van der Waals surface area contributed by atoms with Crippen LogP contribution in [0.4, 0.5) is 5.82 Å². The number of piperidine rings is 1. The van der Waals surface area contributed by atoms with Gasteiger partial charge in [-0.05, 0) is 25.0 Å². The van der Waals surface area contributed by atoms with Gasteiger partial charge in [0.15, 0.2) is 0 Å². The van der Waals surface area contributed by atoms with E-state index >= 15 is 0 Å². The molecule has 0 saturated carbocycles. The van der Waals surface area contributed by atoms with Crippen molar-refractivity contribution < 1.29 is 5.11 Å². The number of nitrogens with zero attached hydrogens (tertiary/aromatic N) is 2. The first kappa shape index (κ1) is 13.3. The quantitative estimate of drug-likeness (QED) is 0.899. The Labute approximate surface area is 119 Å². The second-order valence-electron chi connectivity index (χ2n) is 5.45. The predicted molar refractivity (Wildman–Crippen MR) is 81.8 cm³/mol. The minimum absolute atomic E-state index is 0.121. The highest BCUT2D eigenvalue weighted by molar-refractivity contribution is 5.81. The maximum atomic E-state index is 9.58. The fraction of sp³-hybridized carbons (Fsp3) is 0.438. The van der Waals surface area contributed by atoms with Crippen molar-refractivity contribution in [2.24, 2.45) is 0 Å². The Morgan fingerprint density at radius 3 is 2.80 bits per heavy atom. The highest BCUT2D eigenvalue weighted by Crippen LogP contribution is 2.23. The Balaban J connectivity index is 1.86. The molecule has 0 bridgehead atoms. The molecule has 106 valence electrons. The molecule has 1 aliphatic rings. The molecular formula is C16H21N3O. The average Bonchev–Trinajstić information content (AvgIpc) is 2.49. The molecule has 4 nitrogen and oxygen atoms in total. The fourth-order valence-corrected chi connectivity index (χ4v) is 2.82. The highest BCUT2D eigenvalue weighted by Gasteiger charge is 2.18. The summed E-state index contributed by atoms with van der Waals surface area (Å²) in [5.41, 5.74) is 2.25. The van der Waals surface area contributed by atoms with Crippen LogP contribution in [0.2, 0.25) is 0 Å². The number of benzene rings is 1. The Kier molecular flexibility index (Phi) is 3.85. The third-order valence-corrected chi connectivity index (χ3v) is 3.99. The molecular weight excluding hydrogens is 250 g/mol. The first-order chi connectivity index (χ1) is 9.76. The highest BCUT2D eigenvalue weighted by atomic mass is 16.3. The summed E-state index contributed by atoms with van der Waals surface area (Å²) in [7, 11) is 1.92. The van der Waals surface area contributed by atoms with Crippen LogP contribution in [0, 0.1) is 0 Å². The minimum Gasteiger partial charge on any atom is -0.393 e. The van der Waals surface area contributed by atoms with Crippen LogP contribution in [0.25, 0.3) is 10.9 Å². The van der Waals surface area contributed by atoms with E-state index in [2.05, 4.69) is 27.3 Å². The molecule has 20 heavy (non-hydrogen) atoms. The standard InChI is InChI=1S/C16H21N3O/c1-17-16-13(11-19-8-6-14(20)7-9-19)10-12-4-2-3-5-15(12)18-16/h2-5,10,14,20H,6-9,11H2,1H3,(H,17,18). The lowest BCUT2D eigenvalue weighted by molar-refractivity contribution is 0.0793. The van der Waals surface area contributed by atoms with E-state index in [1.54, 1.807) is 0 Å². The number of aliphatic hydroxyl groups excluding tert-OH is 1. The lowest BCUT2D eigenvalue weighted by Gasteiger charge is -2.29. The van der Waals surface area contributed by atoms with Gasteiger partial charge in [0.05, 0.1) is 11.6 Å². The van der Waals surface area contributed by atoms with Gasteiger partial charge in [0, 0.05) is 37.6 Å². The molecule has 0 radical (unpaired) electrons. The van der Waals surface area contributed by atoms with Gasteiger partial charge in [0.2, 0.25) is 0 Å². The normalized spacial score (nSPS) is 17.5. The molecule has 2 aromatic rings. The maximum Gasteiger partial charge on any atom is 0.130 e. The Hall–Kier alpha value is -1.65. The van der Waals surface area contributed by atoms with Crippen molar-refractivity contribution in [1.29, 1.82) is 0 Å². The van der Waals surface area contributed by atoms with Crippen molar-refractivity contribution in [2.45, 2.75) is 25.5 Å². The van der Waals surface area contributed by atoms with Gasteiger partial charge in [-0.3, -0.25) is 4.90 Å². The van der Waals surface area contributed by atoms with Gasteiger partial charge in [-0.25, -0.2) is 4.98 Å². The van der Waals surface area contributed by atoms with Crippen LogP contribution < -0.4 is 5.32 Å². The summed E-state index contributed by atoms with van der Waals surface area (Å²) >= 11 is 0. The lowest BCUT2D eigenvalue weighted by atomic mass is 10.1. The van der Waals surface area contributed by atoms with Crippen LogP contribution in [0.5, 0.6) is 0 Å². The Bertz CT molecular complexity index is 591. The first-order valence-corrected chi connectivity index (χ1v) is 7.23. The van der Waals surface area contributed by atoms with E-state index in [9.17, 15) is 5.11 Å². The number of hydrogen-bond donors (Lipinski definition) is 2. The molecule has 0 amide bonds. The summed E-state index contributed by atoms with van der Waals surface area (Å²) in [6.07, 6.45) is 1.62. The van der Waals surface area contributed by atoms with E-state index in [1.807, 2.05) is 25.2 Å². The van der Waals surface area contributed by atoms with Gasteiger partial charge in [-0.2, -0.15) is 0 Å². The molecule has 0 aliphatic carbocycles. The van der Waals surface area contributed by atoms with E-state index < -0.39 is 0 Å². The molecule has 1 aromatic heterocycles. The van der Waals surface area contributed by atoms with Crippen LogP contribution in [-0.2, 0) is 6.54 Å². The molecule has 1 aromatic carbocycles. The molecule has 2 N–H and O–H groups in total. The molecule has 2 heterocycles. The summed E-state index contributed by atoms with van der Waals surface area (Å²) in [6.45, 7) is 2.80. The summed E-state index contributed by atoms with van der Waals surface area (Å²) in [6, 6.07) is 10.4. The molecule has 0 atom stereocenters. The predicted octanol–water partition coefficient (Wildman–Crippen LogP) is 2.23. The largest absolute Gasteiger partial charge is 0.393 e. The van der Waals surface area contributed by atoms with Gasteiger partial charge in [0.25, 0.3) is 0 Å². The monoisotopic (exact) mass is 271 g/mol. The number of fused-ring (bicyclic) bond motifs is 1. The van der Waals surface area contributed by atoms with Gasteiger partial charge in [-0.15, -0.1) is 0 Å². The zero-order chi connectivity index (χ0) is 13.9. The molecule has 1 saturated heterocycles. The van der Waals surface area contributed by atoms with Gasteiger partial charge < -0.3 is 10.4 Å². The molecule has 0 spiro atoms. The van der Waals surface area contributed by atoms with Crippen molar-refractivity contribution in [1.82, 2.24) is 9.88 Å². The van der Waals surface area contributed by atoms with Crippen LogP contribution in [-0.4, -0.2) is 41.2 Å². The molecule has 1 fully saturated rings. The number of nitrogens with one attached hydrogen (secondary N) is 1. The van der Waals surface area contributed by atoms with Crippen molar-refractivity contribution in [3.63, 3.8) is 0 Å². The smallest absolute Gasteiger partial charge is 0.130 e. The number of aromatic nitrogens is 1. The second-order valence-corrected chi connectivity index (χ2v) is 5.45. The summed E-state index contributed by atoms with van der Waals surface area (Å²) in [5, 5.41) is 14.0. The van der Waals surface area contributed by atoms with Crippen LogP contribution >= 0.6 is 0 Å². The molecule has 4 heteroatoms. The molecule has 1 aliphatic heterocycles. The van der Waals surface area contributed by atoms with Gasteiger partial charge >= 0.3 is 0 Å². The first-order valence-electron chi connectivity index (χ1n) is 7.23. The van der Waals surface area contributed by atoms with Crippen LogP contribution in [0.1, 0.15) is 18.4 Å². The van der Waals surface area contributed by atoms with E-state index in [0.717, 1.165) is 43.8 Å². The number of para-hydroxylation sites is 1. The van der Waals surface area contributed by atoms with E-state index in [1.165, 1.54) is 10.9 Å². The van der Waals surface area contributed by atoms with Crippen LogP contribution in [0.3, 0.4) is 0 Å². The number of hydrogen-bond acceptors (Lipinski definition) is 4. The van der Waals surface area contributed by atoms with Gasteiger partial charge in [0.1, 0.15) is 5.82 Å². The summed E-state index contributed by atoms with van der Waals surface area (Å²) in [4.78, 5) is 7.08. The SMILES string of the molecule is CNc1nc2ccccc2cc1CN1CCC(O)CC1. The van der Waals surface area contributed by atoms with Crippen molar-refractivity contribution in [3.8, 4) is 0 Å². The third kappa shape index (κ3) is 2.76. The number of rotatable bonds is 3. The zero-order valence-electron chi connectivity index (χ0n) is 11.8. The lowest BCUT2D eigenvalue weighted by Crippen LogP contribution is -2.35. The van der Waals surface area contributed by atoms with E-state index in [0.29, 0.717) is 0 Å². The van der Waals surface area contributed by atoms with Crippen molar-refractivity contribution >= 4 is 16.7 Å². The maximum absolute atomic E-state index is 9.58. The third-order valence-electron chi connectivity index (χ3n) is 3.99. The number of pyridine rings is 1. The Morgan fingerprint density at radius 2 is 2.05 bits per heavy atom. The van der Waals surface area contributed by atoms with E-state index in [-0.39, 0.29) is 6.10 Å². The second kappa shape index (κ2) is 5.77. The number of likely N-dealkylation sites (tertiary alicyclic amines) is 1. The summed E-state index contributed by atoms with van der Waals surface area (Å²) < 4.78 is 0. The molecule has 3 rings (SSSR count). The fourth-order valence-electron chi connectivity index (χ4n) is 2.82. The topological polar surface area (TPSA) is 48.4 Å². The minimum atomic E-state index is -0.121. The van der Waals surface area contributed by atoms with Crippen LogP contribution in [0.15, 0.2) is 30.3 Å². The Morgan fingerprint density at radius 1 is 1.30 bits per heavy atom. The van der Waals surface area contributed by atoms with Crippen molar-refractivity contribution in [3.05, 3.63) is 35.9 Å². The zero-order valence-corrected chi connectivity index (χ0v) is 11.8. The van der Waals surface area contributed by atoms with Crippen molar-refractivity contribution in [2.75, 3.05) is 25.5 Å². The van der Waals surface area contributed by atoms with E-state index in [4.69, 9.17) is 0 Å². The number of aliphatic hydroxyl groups is 1. The summed E-state index contributed by atoms with van der Waals surface area (Å²) in [5.74, 6) is 0.954. The number of anilines is 1. The van der Waals surface area contributed by atoms with Gasteiger partial charge in [-0.1, -0.05) is 18.2 Å².